The van der Waals surface area contributed by atoms with Gasteiger partial charge in [0.1, 0.15) is 0 Å². The molecular weight excluding hydrogens is 330 g/mol. The Balaban J connectivity index is 0.00000208. The maximum Gasteiger partial charge on any atom is 0.291 e. The van der Waals surface area contributed by atoms with E-state index >= 15 is 0 Å². The normalized spacial score (nSPS) is 16.8. The number of hydrogen-bond acceptors (Lipinski definition) is 4. The largest absolute Gasteiger partial charge is 0.459 e. The summed E-state index contributed by atoms with van der Waals surface area (Å²) in [5, 5.41) is 8.83. The number of benzene rings is 1. The molecule has 24 heavy (non-hydrogen) atoms. The van der Waals surface area contributed by atoms with Gasteiger partial charge in [0.15, 0.2) is 5.76 Å². The van der Waals surface area contributed by atoms with Gasteiger partial charge in [-0.1, -0.05) is 6.42 Å². The molecule has 1 aromatic carbocycles. The Morgan fingerprint density at radius 2 is 1.75 bits per heavy atom. The number of piperidine rings is 1. The van der Waals surface area contributed by atoms with E-state index in [4.69, 9.17) is 4.42 Å². The molecule has 0 radical (unpaired) electrons. The second kappa shape index (κ2) is 8.52. The van der Waals surface area contributed by atoms with Gasteiger partial charge < -0.3 is 20.4 Å². The van der Waals surface area contributed by atoms with Gasteiger partial charge in [0.2, 0.25) is 5.91 Å². The molecule has 128 valence electrons. The van der Waals surface area contributed by atoms with Crippen LogP contribution in [0, 0.1) is 0 Å². The van der Waals surface area contributed by atoms with Crippen LogP contribution >= 0.6 is 12.4 Å². The number of anilines is 2. The summed E-state index contributed by atoms with van der Waals surface area (Å²) in [5.41, 5.74) is 1.35. The molecule has 2 aromatic rings. The molecular formula is C17H20ClN3O3. The number of furan rings is 1. The molecule has 0 saturated carbocycles. The van der Waals surface area contributed by atoms with Crippen LogP contribution < -0.4 is 16.0 Å². The van der Waals surface area contributed by atoms with Crippen LogP contribution in [-0.2, 0) is 4.79 Å². The molecule has 3 rings (SSSR count). The third-order valence-corrected chi connectivity index (χ3v) is 3.78. The monoisotopic (exact) mass is 349 g/mol. The predicted molar refractivity (Wildman–Crippen MR) is 94.6 cm³/mol. The van der Waals surface area contributed by atoms with Gasteiger partial charge in [-0.2, -0.15) is 0 Å². The zero-order valence-corrected chi connectivity index (χ0v) is 13.9. The summed E-state index contributed by atoms with van der Waals surface area (Å²) in [6.07, 6.45) is 4.51. The number of nitrogens with one attached hydrogen (secondary N) is 3. The molecule has 1 aliphatic rings. The summed E-state index contributed by atoms with van der Waals surface area (Å²) in [5.74, 6) is -0.0685. The lowest BCUT2D eigenvalue weighted by Gasteiger charge is -2.22. The highest BCUT2D eigenvalue weighted by atomic mass is 35.5. The van der Waals surface area contributed by atoms with Gasteiger partial charge in [-0.15, -0.1) is 12.4 Å². The van der Waals surface area contributed by atoms with Crippen LogP contribution in [0.25, 0.3) is 0 Å². The van der Waals surface area contributed by atoms with E-state index in [2.05, 4.69) is 16.0 Å². The van der Waals surface area contributed by atoms with E-state index in [0.717, 1.165) is 25.8 Å². The highest BCUT2D eigenvalue weighted by molar-refractivity contribution is 6.02. The van der Waals surface area contributed by atoms with Gasteiger partial charge in [0.25, 0.3) is 5.91 Å². The number of rotatable bonds is 4. The molecule has 0 bridgehead atoms. The van der Waals surface area contributed by atoms with Gasteiger partial charge in [-0.3, -0.25) is 9.59 Å². The van der Waals surface area contributed by atoms with E-state index in [1.54, 1.807) is 36.4 Å². The van der Waals surface area contributed by atoms with Crippen LogP contribution in [0.2, 0.25) is 0 Å². The fourth-order valence-electron chi connectivity index (χ4n) is 2.54. The van der Waals surface area contributed by atoms with Crippen molar-refractivity contribution in [2.45, 2.75) is 25.3 Å². The second-order valence-corrected chi connectivity index (χ2v) is 5.50. The highest BCUT2D eigenvalue weighted by Gasteiger charge is 2.20. The van der Waals surface area contributed by atoms with Crippen molar-refractivity contribution >= 4 is 35.6 Å². The number of halogens is 1. The summed E-state index contributed by atoms with van der Waals surface area (Å²) in [6.45, 7) is 0.885. The smallest absolute Gasteiger partial charge is 0.291 e. The van der Waals surface area contributed by atoms with E-state index in [1.807, 2.05) is 0 Å². The molecule has 2 heterocycles. The summed E-state index contributed by atoms with van der Waals surface area (Å²) >= 11 is 0. The Bertz CT molecular complexity index is 665. The zero-order chi connectivity index (χ0) is 16.1. The second-order valence-electron chi connectivity index (χ2n) is 5.50. The molecule has 1 aliphatic heterocycles. The van der Waals surface area contributed by atoms with Gasteiger partial charge >= 0.3 is 0 Å². The minimum atomic E-state index is -0.307. The van der Waals surface area contributed by atoms with Crippen LogP contribution in [-0.4, -0.2) is 24.4 Å². The van der Waals surface area contributed by atoms with Crippen molar-refractivity contribution in [2.24, 2.45) is 0 Å². The Hall–Kier alpha value is -2.31. The van der Waals surface area contributed by atoms with Crippen molar-refractivity contribution in [1.82, 2.24) is 5.32 Å². The Morgan fingerprint density at radius 3 is 2.33 bits per heavy atom. The van der Waals surface area contributed by atoms with Gasteiger partial charge in [-0.05, 0) is 55.8 Å². The standard InChI is InChI=1S/C17H19N3O3.ClH/c21-16(14-4-1-2-10-18-14)19-12-6-8-13(9-7-12)20-17(22)15-5-3-11-23-15;/h3,5-9,11,14,18H,1-2,4,10H2,(H,19,21)(H,20,22);1H/t14-;/m1./s1. The molecule has 2 amide bonds. The minimum Gasteiger partial charge on any atom is -0.459 e. The fourth-order valence-corrected chi connectivity index (χ4v) is 2.54. The third kappa shape index (κ3) is 4.59. The first-order valence-electron chi connectivity index (χ1n) is 7.71. The van der Waals surface area contributed by atoms with Gasteiger partial charge in [0, 0.05) is 11.4 Å². The Morgan fingerprint density at radius 1 is 1.04 bits per heavy atom. The van der Waals surface area contributed by atoms with E-state index < -0.39 is 0 Å². The topological polar surface area (TPSA) is 83.4 Å². The molecule has 1 aromatic heterocycles. The summed E-state index contributed by atoms with van der Waals surface area (Å²) in [4.78, 5) is 24.0. The SMILES string of the molecule is Cl.O=C(Nc1ccc(NC(=O)[C@H]2CCCCN2)cc1)c1ccco1. The average molecular weight is 350 g/mol. The predicted octanol–water partition coefficient (Wildman–Crippen LogP) is 3.03. The molecule has 7 heteroatoms. The number of carbonyl (C=O) groups excluding carboxylic acids is 2. The molecule has 1 atom stereocenters. The zero-order valence-electron chi connectivity index (χ0n) is 13.1. The summed E-state index contributed by atoms with van der Waals surface area (Å²) < 4.78 is 5.04. The van der Waals surface area contributed by atoms with Crippen molar-refractivity contribution in [2.75, 3.05) is 17.2 Å². The maximum atomic E-state index is 12.1. The average Bonchev–Trinajstić information content (AvgIpc) is 3.12. The summed E-state index contributed by atoms with van der Waals surface area (Å²) in [6, 6.07) is 10.1. The molecule has 1 fully saturated rings. The van der Waals surface area contributed by atoms with Crippen LogP contribution in [0.1, 0.15) is 29.8 Å². The van der Waals surface area contributed by atoms with Crippen LogP contribution in [0.3, 0.4) is 0 Å². The van der Waals surface area contributed by atoms with E-state index in [0.29, 0.717) is 11.4 Å². The van der Waals surface area contributed by atoms with Crippen molar-refractivity contribution in [1.29, 1.82) is 0 Å². The Labute approximate surface area is 146 Å². The van der Waals surface area contributed by atoms with Crippen LogP contribution in [0.15, 0.2) is 47.1 Å². The van der Waals surface area contributed by atoms with Crippen molar-refractivity contribution < 1.29 is 14.0 Å². The Kier molecular flexibility index (Phi) is 6.40. The summed E-state index contributed by atoms with van der Waals surface area (Å²) in [7, 11) is 0. The molecule has 0 unspecified atom stereocenters. The lowest BCUT2D eigenvalue weighted by atomic mass is 10.0. The lowest BCUT2D eigenvalue weighted by Crippen LogP contribution is -2.43. The first-order valence-corrected chi connectivity index (χ1v) is 7.71. The maximum absolute atomic E-state index is 12.1. The van der Waals surface area contributed by atoms with E-state index in [-0.39, 0.29) is 36.0 Å². The molecule has 3 N–H and O–H groups in total. The van der Waals surface area contributed by atoms with Crippen molar-refractivity contribution in [3.05, 3.63) is 48.4 Å². The van der Waals surface area contributed by atoms with E-state index in [9.17, 15) is 9.59 Å². The number of hydrogen-bond donors (Lipinski definition) is 3. The number of carbonyl (C=O) groups is 2. The van der Waals surface area contributed by atoms with Gasteiger partial charge in [-0.25, -0.2) is 0 Å². The highest BCUT2D eigenvalue weighted by Crippen LogP contribution is 2.16. The molecule has 6 nitrogen and oxygen atoms in total. The minimum absolute atomic E-state index is 0. The number of amides is 2. The van der Waals surface area contributed by atoms with Crippen molar-refractivity contribution in [3.8, 4) is 0 Å². The quantitative estimate of drug-likeness (QED) is 0.792. The van der Waals surface area contributed by atoms with Crippen molar-refractivity contribution in [3.63, 3.8) is 0 Å². The molecule has 1 saturated heterocycles. The molecule has 0 spiro atoms. The lowest BCUT2D eigenvalue weighted by molar-refractivity contribution is -0.118. The first kappa shape index (κ1) is 18.0. The molecule has 0 aliphatic carbocycles. The van der Waals surface area contributed by atoms with E-state index in [1.165, 1.54) is 6.26 Å². The van der Waals surface area contributed by atoms with Crippen LogP contribution in [0.4, 0.5) is 11.4 Å². The first-order chi connectivity index (χ1) is 11.2. The van der Waals surface area contributed by atoms with Crippen LogP contribution in [0.5, 0.6) is 0 Å². The third-order valence-electron chi connectivity index (χ3n) is 3.78. The fraction of sp³-hybridized carbons (Fsp3) is 0.294. The van der Waals surface area contributed by atoms with Gasteiger partial charge in [0.05, 0.1) is 12.3 Å².